The molecule has 0 unspecified atom stereocenters. The monoisotopic (exact) mass is 271 g/mol. The SMILES string of the molecule is Cc1cc(=O)[nH]c(NN[C@H](C#N)c2ccccc2O)n1. The van der Waals surface area contributed by atoms with Gasteiger partial charge in [-0.05, 0) is 13.0 Å². The number of phenols is 1. The van der Waals surface area contributed by atoms with Crippen molar-refractivity contribution in [2.45, 2.75) is 13.0 Å². The van der Waals surface area contributed by atoms with E-state index in [-0.39, 0.29) is 17.3 Å². The Morgan fingerprint density at radius 2 is 2.20 bits per heavy atom. The Balaban J connectivity index is 2.14. The maximum Gasteiger partial charge on any atom is 0.252 e. The van der Waals surface area contributed by atoms with Crippen LogP contribution in [0, 0.1) is 18.3 Å². The molecule has 1 heterocycles. The predicted octanol–water partition coefficient (Wildman–Crippen LogP) is 0.965. The number of rotatable bonds is 4. The van der Waals surface area contributed by atoms with Gasteiger partial charge in [-0.15, -0.1) is 0 Å². The van der Waals surface area contributed by atoms with Gasteiger partial charge in [0.05, 0.1) is 6.07 Å². The van der Waals surface area contributed by atoms with Gasteiger partial charge in [0.25, 0.3) is 5.56 Å². The number of phenolic OH excluding ortho intramolecular Hbond substituents is 1. The lowest BCUT2D eigenvalue weighted by Gasteiger charge is -2.14. The van der Waals surface area contributed by atoms with Gasteiger partial charge < -0.3 is 5.11 Å². The van der Waals surface area contributed by atoms with Crippen molar-refractivity contribution in [1.29, 1.82) is 5.26 Å². The van der Waals surface area contributed by atoms with E-state index in [1.165, 1.54) is 12.1 Å². The number of anilines is 1. The van der Waals surface area contributed by atoms with E-state index in [0.717, 1.165) is 0 Å². The molecule has 0 spiro atoms. The fourth-order valence-electron chi connectivity index (χ4n) is 1.69. The first-order chi connectivity index (χ1) is 9.60. The highest BCUT2D eigenvalue weighted by Gasteiger charge is 2.13. The van der Waals surface area contributed by atoms with Gasteiger partial charge in [0, 0.05) is 17.3 Å². The van der Waals surface area contributed by atoms with Crippen LogP contribution < -0.4 is 16.4 Å². The molecule has 1 aromatic heterocycles. The van der Waals surface area contributed by atoms with Gasteiger partial charge in [0.2, 0.25) is 5.95 Å². The third-order valence-electron chi connectivity index (χ3n) is 2.58. The largest absolute Gasteiger partial charge is 0.508 e. The molecule has 7 nitrogen and oxygen atoms in total. The number of para-hydroxylation sites is 1. The zero-order valence-corrected chi connectivity index (χ0v) is 10.7. The molecular formula is C13H13N5O2. The molecule has 20 heavy (non-hydrogen) atoms. The van der Waals surface area contributed by atoms with Crippen molar-refractivity contribution in [3.05, 3.63) is 51.9 Å². The van der Waals surface area contributed by atoms with E-state index >= 15 is 0 Å². The van der Waals surface area contributed by atoms with E-state index < -0.39 is 6.04 Å². The Hall–Kier alpha value is -2.85. The van der Waals surface area contributed by atoms with E-state index in [1.54, 1.807) is 25.1 Å². The summed E-state index contributed by atoms with van der Waals surface area (Å²) in [4.78, 5) is 17.8. The Morgan fingerprint density at radius 1 is 1.45 bits per heavy atom. The van der Waals surface area contributed by atoms with Crippen molar-refractivity contribution in [1.82, 2.24) is 15.4 Å². The molecule has 1 aromatic carbocycles. The molecule has 0 radical (unpaired) electrons. The number of aromatic hydroxyl groups is 1. The summed E-state index contributed by atoms with van der Waals surface area (Å²) in [5.74, 6) is 0.213. The van der Waals surface area contributed by atoms with E-state index in [2.05, 4.69) is 20.8 Å². The third-order valence-corrected chi connectivity index (χ3v) is 2.58. The van der Waals surface area contributed by atoms with Gasteiger partial charge >= 0.3 is 0 Å². The smallest absolute Gasteiger partial charge is 0.252 e. The highest BCUT2D eigenvalue weighted by Crippen LogP contribution is 2.22. The number of nitrogens with one attached hydrogen (secondary N) is 3. The summed E-state index contributed by atoms with van der Waals surface area (Å²) < 4.78 is 0. The number of hydrogen-bond acceptors (Lipinski definition) is 6. The highest BCUT2D eigenvalue weighted by molar-refractivity contribution is 5.38. The average Bonchev–Trinajstić information content (AvgIpc) is 2.40. The van der Waals surface area contributed by atoms with Crippen LogP contribution in [0.25, 0.3) is 0 Å². The van der Waals surface area contributed by atoms with Gasteiger partial charge in [-0.3, -0.25) is 15.2 Å². The number of H-pyrrole nitrogens is 1. The van der Waals surface area contributed by atoms with Crippen LogP contribution in [0.15, 0.2) is 35.1 Å². The zero-order chi connectivity index (χ0) is 14.5. The van der Waals surface area contributed by atoms with Crippen LogP contribution in [-0.2, 0) is 0 Å². The van der Waals surface area contributed by atoms with Crippen molar-refractivity contribution in [2.24, 2.45) is 0 Å². The molecule has 0 saturated carbocycles. The summed E-state index contributed by atoms with van der Waals surface area (Å²) in [6.45, 7) is 1.69. The number of nitriles is 1. The molecule has 0 amide bonds. The van der Waals surface area contributed by atoms with Crippen LogP contribution in [0.1, 0.15) is 17.3 Å². The number of aryl methyl sites for hydroxylation is 1. The molecule has 2 rings (SSSR count). The highest BCUT2D eigenvalue weighted by atomic mass is 16.3. The Kier molecular flexibility index (Phi) is 3.98. The second kappa shape index (κ2) is 5.86. The fraction of sp³-hybridized carbons (Fsp3) is 0.154. The summed E-state index contributed by atoms with van der Waals surface area (Å²) >= 11 is 0. The standard InChI is InChI=1S/C13H13N5O2/c1-8-6-12(20)16-13(15-8)18-17-10(7-14)9-4-2-3-5-11(9)19/h2-6,10,17,19H,1H3,(H2,15,16,18,20)/t10-/m1/s1. The van der Waals surface area contributed by atoms with E-state index in [1.807, 2.05) is 6.07 Å². The van der Waals surface area contributed by atoms with Crippen LogP contribution >= 0.6 is 0 Å². The first kappa shape index (κ1) is 13.6. The van der Waals surface area contributed by atoms with Gasteiger partial charge in [-0.1, -0.05) is 18.2 Å². The first-order valence-corrected chi connectivity index (χ1v) is 5.87. The number of benzene rings is 1. The minimum Gasteiger partial charge on any atom is -0.508 e. The summed E-state index contributed by atoms with van der Waals surface area (Å²) in [5.41, 5.74) is 6.03. The third kappa shape index (κ3) is 3.13. The molecule has 2 aromatic rings. The molecule has 1 atom stereocenters. The summed E-state index contributed by atoms with van der Waals surface area (Å²) in [7, 11) is 0. The first-order valence-electron chi connectivity index (χ1n) is 5.87. The van der Waals surface area contributed by atoms with Gasteiger partial charge in [-0.25, -0.2) is 10.4 Å². The zero-order valence-electron chi connectivity index (χ0n) is 10.7. The molecule has 7 heteroatoms. The van der Waals surface area contributed by atoms with Crippen LogP contribution in [0.3, 0.4) is 0 Å². The Bertz CT molecular complexity index is 704. The fourth-order valence-corrected chi connectivity index (χ4v) is 1.69. The molecular weight excluding hydrogens is 258 g/mol. The lowest BCUT2D eigenvalue weighted by molar-refractivity contribution is 0.462. The molecule has 0 aliphatic rings. The van der Waals surface area contributed by atoms with Crippen LogP contribution in [0.2, 0.25) is 0 Å². The van der Waals surface area contributed by atoms with Crippen molar-refractivity contribution in [2.75, 3.05) is 5.43 Å². The molecule has 0 aliphatic carbocycles. The molecule has 0 bridgehead atoms. The number of aromatic amines is 1. The minimum absolute atomic E-state index is 0.0130. The maximum atomic E-state index is 11.3. The quantitative estimate of drug-likeness (QED) is 0.616. The van der Waals surface area contributed by atoms with Gasteiger partial charge in [-0.2, -0.15) is 5.26 Å². The van der Waals surface area contributed by atoms with Crippen LogP contribution in [0.5, 0.6) is 5.75 Å². The molecule has 0 saturated heterocycles. The van der Waals surface area contributed by atoms with Crippen molar-refractivity contribution < 1.29 is 5.11 Å². The number of nitrogens with zero attached hydrogens (tertiary/aromatic N) is 2. The Morgan fingerprint density at radius 3 is 2.85 bits per heavy atom. The molecule has 0 fully saturated rings. The summed E-state index contributed by atoms with van der Waals surface area (Å²) in [5, 5.41) is 18.8. The van der Waals surface area contributed by atoms with Gasteiger partial charge in [0.1, 0.15) is 11.8 Å². The normalized spacial score (nSPS) is 11.6. The van der Waals surface area contributed by atoms with Crippen molar-refractivity contribution in [3.63, 3.8) is 0 Å². The van der Waals surface area contributed by atoms with Crippen LogP contribution in [0.4, 0.5) is 5.95 Å². The second-order valence-corrected chi connectivity index (χ2v) is 4.13. The molecule has 102 valence electrons. The van der Waals surface area contributed by atoms with Gasteiger partial charge in [0.15, 0.2) is 0 Å². The molecule has 4 N–H and O–H groups in total. The van der Waals surface area contributed by atoms with E-state index in [9.17, 15) is 9.90 Å². The average molecular weight is 271 g/mol. The lowest BCUT2D eigenvalue weighted by atomic mass is 10.1. The number of aromatic nitrogens is 2. The lowest BCUT2D eigenvalue weighted by Crippen LogP contribution is -2.28. The van der Waals surface area contributed by atoms with Crippen molar-refractivity contribution in [3.8, 4) is 11.8 Å². The Labute approximate surface area is 114 Å². The maximum absolute atomic E-state index is 11.3. The van der Waals surface area contributed by atoms with E-state index in [4.69, 9.17) is 5.26 Å². The molecule has 0 aliphatic heterocycles. The topological polar surface area (TPSA) is 114 Å². The minimum atomic E-state index is -0.790. The predicted molar refractivity (Wildman–Crippen MR) is 72.8 cm³/mol. The summed E-state index contributed by atoms with van der Waals surface area (Å²) in [6.07, 6.45) is 0. The number of hydrogen-bond donors (Lipinski definition) is 4. The van der Waals surface area contributed by atoms with Crippen LogP contribution in [-0.4, -0.2) is 15.1 Å². The number of hydrazine groups is 1. The van der Waals surface area contributed by atoms with E-state index in [0.29, 0.717) is 11.3 Å². The van der Waals surface area contributed by atoms with Crippen molar-refractivity contribution >= 4 is 5.95 Å². The summed E-state index contributed by atoms with van der Waals surface area (Å²) in [6, 6.07) is 9.08. The second-order valence-electron chi connectivity index (χ2n) is 4.13.